The number of aromatic nitrogens is 2. The van der Waals surface area contributed by atoms with E-state index in [1.165, 1.54) is 6.92 Å². The maximum absolute atomic E-state index is 10.7. The minimum Gasteiger partial charge on any atom is -0.356 e. The van der Waals surface area contributed by atoms with Gasteiger partial charge in [0, 0.05) is 19.0 Å². The molecule has 88 valence electrons. The molecule has 0 aliphatic carbocycles. The van der Waals surface area contributed by atoms with Gasteiger partial charge >= 0.3 is 0 Å². The number of hydrogen-bond donors (Lipinski definition) is 2. The van der Waals surface area contributed by atoms with E-state index in [1.54, 1.807) is 6.33 Å². The second-order valence-corrected chi connectivity index (χ2v) is 3.82. The fourth-order valence-corrected chi connectivity index (χ4v) is 1.66. The van der Waals surface area contributed by atoms with E-state index >= 15 is 0 Å². The van der Waals surface area contributed by atoms with Gasteiger partial charge in [-0.2, -0.15) is 0 Å². The van der Waals surface area contributed by atoms with Gasteiger partial charge in [0.15, 0.2) is 0 Å². The minimum atomic E-state index is 0.00722. The van der Waals surface area contributed by atoms with Crippen molar-refractivity contribution in [2.75, 3.05) is 6.54 Å². The molecule has 4 heteroatoms. The molecule has 1 amide bonds. The van der Waals surface area contributed by atoms with Crippen LogP contribution in [0.15, 0.2) is 30.6 Å². The second kappa shape index (κ2) is 5.30. The lowest BCUT2D eigenvalue weighted by molar-refractivity contribution is -0.118. The van der Waals surface area contributed by atoms with Crippen LogP contribution in [0, 0.1) is 0 Å². The predicted octanol–water partition coefficient (Wildman–Crippen LogP) is 2.10. The third-order valence-electron chi connectivity index (χ3n) is 2.46. The van der Waals surface area contributed by atoms with Crippen molar-refractivity contribution in [3.8, 4) is 0 Å². The summed E-state index contributed by atoms with van der Waals surface area (Å²) in [5.41, 5.74) is 3.10. The van der Waals surface area contributed by atoms with Crippen molar-refractivity contribution >= 4 is 23.0 Å². The highest BCUT2D eigenvalue weighted by Crippen LogP contribution is 2.15. The Balaban J connectivity index is 2.00. The number of rotatable bonds is 4. The number of nitrogens with zero attached hydrogens (tertiary/aromatic N) is 1. The highest BCUT2D eigenvalue weighted by molar-refractivity contribution is 5.84. The van der Waals surface area contributed by atoms with Crippen LogP contribution in [-0.4, -0.2) is 22.4 Å². The number of benzene rings is 1. The lowest BCUT2D eigenvalue weighted by Gasteiger charge is -1.97. The van der Waals surface area contributed by atoms with Gasteiger partial charge in [0.05, 0.1) is 17.4 Å². The highest BCUT2D eigenvalue weighted by atomic mass is 16.1. The van der Waals surface area contributed by atoms with Crippen molar-refractivity contribution in [2.24, 2.45) is 0 Å². The van der Waals surface area contributed by atoms with Gasteiger partial charge < -0.3 is 10.3 Å². The molecule has 0 saturated heterocycles. The van der Waals surface area contributed by atoms with E-state index in [0.717, 1.165) is 23.0 Å². The summed E-state index contributed by atoms with van der Waals surface area (Å²) in [5.74, 6) is 0.00722. The van der Waals surface area contributed by atoms with E-state index in [0.29, 0.717) is 6.54 Å². The summed E-state index contributed by atoms with van der Waals surface area (Å²) in [6, 6.07) is 6.02. The van der Waals surface area contributed by atoms with Crippen LogP contribution in [0.3, 0.4) is 0 Å². The third-order valence-corrected chi connectivity index (χ3v) is 2.46. The van der Waals surface area contributed by atoms with Crippen LogP contribution < -0.4 is 5.32 Å². The number of fused-ring (bicyclic) bond motifs is 1. The van der Waals surface area contributed by atoms with Gasteiger partial charge in [0.25, 0.3) is 0 Å². The smallest absolute Gasteiger partial charge is 0.216 e. The summed E-state index contributed by atoms with van der Waals surface area (Å²) in [5, 5.41) is 2.75. The van der Waals surface area contributed by atoms with Crippen molar-refractivity contribution in [3.05, 3.63) is 36.2 Å². The van der Waals surface area contributed by atoms with E-state index < -0.39 is 0 Å². The topological polar surface area (TPSA) is 57.8 Å². The molecule has 1 aromatic carbocycles. The Morgan fingerprint density at radius 3 is 3.24 bits per heavy atom. The second-order valence-electron chi connectivity index (χ2n) is 3.82. The predicted molar refractivity (Wildman–Crippen MR) is 68.4 cm³/mol. The normalized spacial score (nSPS) is 11.1. The molecule has 17 heavy (non-hydrogen) atoms. The molecule has 0 spiro atoms. The van der Waals surface area contributed by atoms with Crippen LogP contribution in [0.2, 0.25) is 0 Å². The first-order chi connectivity index (χ1) is 8.27. The lowest BCUT2D eigenvalue weighted by atomic mass is 10.1. The van der Waals surface area contributed by atoms with E-state index in [1.807, 2.05) is 30.4 Å². The van der Waals surface area contributed by atoms with Gasteiger partial charge in [-0.25, -0.2) is 4.98 Å². The third kappa shape index (κ3) is 2.93. The molecule has 2 aromatic rings. The summed E-state index contributed by atoms with van der Waals surface area (Å²) in [7, 11) is 0. The van der Waals surface area contributed by atoms with Gasteiger partial charge in [-0.05, 0) is 12.5 Å². The zero-order valence-corrected chi connectivity index (χ0v) is 9.73. The molecular weight excluding hydrogens is 214 g/mol. The van der Waals surface area contributed by atoms with Crippen molar-refractivity contribution in [3.63, 3.8) is 0 Å². The van der Waals surface area contributed by atoms with Crippen molar-refractivity contribution in [1.29, 1.82) is 0 Å². The number of para-hydroxylation sites is 1. The molecule has 0 bridgehead atoms. The van der Waals surface area contributed by atoms with Crippen LogP contribution in [0.4, 0.5) is 0 Å². The average Bonchev–Trinajstić information content (AvgIpc) is 2.77. The first-order valence-electron chi connectivity index (χ1n) is 5.60. The molecular formula is C13H15N3O. The number of carbonyl (C=O) groups excluding carboxylic acids is 1. The quantitative estimate of drug-likeness (QED) is 0.789. The van der Waals surface area contributed by atoms with Crippen LogP contribution in [0.5, 0.6) is 0 Å². The number of amides is 1. The molecule has 0 aliphatic rings. The number of hydrogen-bond acceptors (Lipinski definition) is 2. The average molecular weight is 229 g/mol. The zero-order chi connectivity index (χ0) is 12.1. The van der Waals surface area contributed by atoms with Gasteiger partial charge in [0.2, 0.25) is 5.91 Å². The minimum absolute atomic E-state index is 0.00722. The summed E-state index contributed by atoms with van der Waals surface area (Å²) >= 11 is 0. The monoisotopic (exact) mass is 229 g/mol. The Bertz CT molecular complexity index is 542. The lowest BCUT2D eigenvalue weighted by Crippen LogP contribution is -2.20. The molecule has 2 rings (SSSR count). The Hall–Kier alpha value is -2.10. The zero-order valence-electron chi connectivity index (χ0n) is 9.73. The van der Waals surface area contributed by atoms with Crippen LogP contribution in [0.1, 0.15) is 18.9 Å². The Labute approximate surface area is 99.8 Å². The molecule has 0 unspecified atom stereocenters. The van der Waals surface area contributed by atoms with Crippen molar-refractivity contribution in [1.82, 2.24) is 15.3 Å². The maximum atomic E-state index is 10.7. The van der Waals surface area contributed by atoms with Crippen molar-refractivity contribution < 1.29 is 4.79 Å². The summed E-state index contributed by atoms with van der Waals surface area (Å²) in [6.45, 7) is 2.19. The Morgan fingerprint density at radius 2 is 2.41 bits per heavy atom. The van der Waals surface area contributed by atoms with E-state index in [4.69, 9.17) is 0 Å². The van der Waals surface area contributed by atoms with Gasteiger partial charge in [0.1, 0.15) is 0 Å². The number of carbonyl (C=O) groups is 1. The summed E-state index contributed by atoms with van der Waals surface area (Å²) in [6.07, 6.45) is 6.59. The van der Waals surface area contributed by atoms with Crippen LogP contribution in [-0.2, 0) is 4.79 Å². The molecule has 2 N–H and O–H groups in total. The molecule has 0 radical (unpaired) electrons. The van der Waals surface area contributed by atoms with Gasteiger partial charge in [-0.15, -0.1) is 0 Å². The van der Waals surface area contributed by atoms with Crippen LogP contribution in [0.25, 0.3) is 17.1 Å². The first-order valence-corrected chi connectivity index (χ1v) is 5.60. The van der Waals surface area contributed by atoms with E-state index in [2.05, 4.69) is 15.3 Å². The highest BCUT2D eigenvalue weighted by Gasteiger charge is 1.98. The summed E-state index contributed by atoms with van der Waals surface area (Å²) < 4.78 is 0. The molecule has 0 aliphatic heterocycles. The summed E-state index contributed by atoms with van der Waals surface area (Å²) in [4.78, 5) is 18.0. The number of aromatic amines is 1. The fourth-order valence-electron chi connectivity index (χ4n) is 1.66. The number of nitrogens with one attached hydrogen (secondary N) is 2. The number of H-pyrrole nitrogens is 1. The van der Waals surface area contributed by atoms with E-state index in [-0.39, 0.29) is 5.91 Å². The Kier molecular flexibility index (Phi) is 3.55. The maximum Gasteiger partial charge on any atom is 0.216 e. The van der Waals surface area contributed by atoms with Gasteiger partial charge in [-0.3, -0.25) is 4.79 Å². The standard InChI is InChI=1S/C13H15N3O/c1-10(17)14-8-3-2-5-11-6-4-7-12-13(11)16-9-15-12/h2,4-7,9H,3,8H2,1H3,(H,14,17)(H,15,16). The molecule has 0 fully saturated rings. The fraction of sp³-hybridized carbons (Fsp3) is 0.231. The largest absolute Gasteiger partial charge is 0.356 e. The molecule has 0 atom stereocenters. The molecule has 1 heterocycles. The van der Waals surface area contributed by atoms with Crippen LogP contribution >= 0.6 is 0 Å². The molecule has 1 aromatic heterocycles. The van der Waals surface area contributed by atoms with Crippen molar-refractivity contribution in [2.45, 2.75) is 13.3 Å². The van der Waals surface area contributed by atoms with Gasteiger partial charge in [-0.1, -0.05) is 24.3 Å². The molecule has 4 nitrogen and oxygen atoms in total. The molecule has 0 saturated carbocycles. The number of imidazole rings is 1. The Morgan fingerprint density at radius 1 is 1.53 bits per heavy atom. The SMILES string of the molecule is CC(=O)NCCC=Cc1cccc2[nH]cnc12. The first kappa shape index (κ1) is 11.4. The van der Waals surface area contributed by atoms with E-state index in [9.17, 15) is 4.79 Å².